The SMILES string of the molecule is c1ccc2c(c1)Cc1ccccc1-2.c1ccc2c[nH]cc2c1. The first kappa shape index (κ1) is 12.9. The van der Waals surface area contributed by atoms with Gasteiger partial charge in [-0.25, -0.2) is 0 Å². The highest BCUT2D eigenvalue weighted by Gasteiger charge is 2.15. The third-order valence-electron chi connectivity index (χ3n) is 4.18. The van der Waals surface area contributed by atoms with Crippen LogP contribution in [0.5, 0.6) is 0 Å². The van der Waals surface area contributed by atoms with Crippen molar-refractivity contribution in [1.29, 1.82) is 0 Å². The molecule has 1 N–H and O–H groups in total. The van der Waals surface area contributed by atoms with Gasteiger partial charge in [0.1, 0.15) is 0 Å². The molecule has 1 aliphatic rings. The van der Waals surface area contributed by atoms with E-state index in [0.29, 0.717) is 0 Å². The van der Waals surface area contributed by atoms with E-state index >= 15 is 0 Å². The average Bonchev–Trinajstić information content (AvgIpc) is 3.19. The van der Waals surface area contributed by atoms with E-state index in [2.05, 4.69) is 65.6 Å². The lowest BCUT2D eigenvalue weighted by Crippen LogP contribution is -1.77. The molecule has 3 aromatic carbocycles. The van der Waals surface area contributed by atoms with E-state index in [0.717, 1.165) is 6.42 Å². The fourth-order valence-corrected chi connectivity index (χ4v) is 3.07. The van der Waals surface area contributed by atoms with Gasteiger partial charge in [0.05, 0.1) is 0 Å². The summed E-state index contributed by atoms with van der Waals surface area (Å²) in [7, 11) is 0. The van der Waals surface area contributed by atoms with Crippen LogP contribution in [0.3, 0.4) is 0 Å². The lowest BCUT2D eigenvalue weighted by Gasteiger charge is -1.98. The molecule has 0 saturated heterocycles. The van der Waals surface area contributed by atoms with Crippen molar-refractivity contribution in [2.75, 3.05) is 0 Å². The van der Waals surface area contributed by atoms with Gasteiger partial charge in [-0.15, -0.1) is 0 Å². The zero-order valence-electron chi connectivity index (χ0n) is 12.3. The smallest absolute Gasteiger partial charge is 0.00843 e. The van der Waals surface area contributed by atoms with E-state index < -0.39 is 0 Å². The highest BCUT2D eigenvalue weighted by Crippen LogP contribution is 2.35. The Morgan fingerprint density at radius 3 is 1.55 bits per heavy atom. The number of benzene rings is 3. The second kappa shape index (κ2) is 5.53. The van der Waals surface area contributed by atoms with Gasteiger partial charge in [-0.2, -0.15) is 0 Å². The van der Waals surface area contributed by atoms with E-state index in [1.54, 1.807) is 0 Å². The summed E-state index contributed by atoms with van der Waals surface area (Å²) >= 11 is 0. The molecule has 106 valence electrons. The normalized spacial score (nSPS) is 11.5. The Kier molecular flexibility index (Phi) is 3.24. The van der Waals surface area contributed by atoms with Crippen LogP contribution in [0.4, 0.5) is 0 Å². The van der Waals surface area contributed by atoms with Crippen LogP contribution in [-0.4, -0.2) is 4.98 Å². The van der Waals surface area contributed by atoms with Gasteiger partial charge in [0, 0.05) is 12.4 Å². The van der Waals surface area contributed by atoms with Crippen LogP contribution in [0.2, 0.25) is 0 Å². The Morgan fingerprint density at radius 2 is 1.00 bits per heavy atom. The summed E-state index contributed by atoms with van der Waals surface area (Å²) in [5.74, 6) is 0. The summed E-state index contributed by atoms with van der Waals surface area (Å²) in [6, 6.07) is 25.6. The molecule has 1 heterocycles. The monoisotopic (exact) mass is 283 g/mol. The van der Waals surface area contributed by atoms with Gasteiger partial charge in [-0.1, -0.05) is 72.8 Å². The molecule has 0 unspecified atom stereocenters. The average molecular weight is 283 g/mol. The first-order valence-corrected chi connectivity index (χ1v) is 7.59. The molecule has 0 aliphatic heterocycles. The van der Waals surface area contributed by atoms with Crippen LogP contribution >= 0.6 is 0 Å². The Morgan fingerprint density at radius 1 is 0.545 bits per heavy atom. The summed E-state index contributed by atoms with van der Waals surface area (Å²) in [4.78, 5) is 3.04. The minimum absolute atomic E-state index is 1.10. The molecule has 0 saturated carbocycles. The molecule has 1 heteroatoms. The lowest BCUT2D eigenvalue weighted by molar-refractivity contribution is 1.26. The van der Waals surface area contributed by atoms with Crippen molar-refractivity contribution >= 4 is 10.8 Å². The summed E-state index contributed by atoms with van der Waals surface area (Å²) in [5.41, 5.74) is 5.75. The largest absolute Gasteiger partial charge is 0.366 e. The number of nitrogens with one attached hydrogen (secondary N) is 1. The second-order valence-corrected chi connectivity index (χ2v) is 5.58. The molecular formula is C21H17N. The zero-order chi connectivity index (χ0) is 14.8. The van der Waals surface area contributed by atoms with Crippen molar-refractivity contribution in [2.45, 2.75) is 6.42 Å². The maximum absolute atomic E-state index is 3.04. The molecule has 4 aromatic rings. The number of fused-ring (bicyclic) bond motifs is 4. The molecule has 1 nitrogen and oxygen atoms in total. The van der Waals surface area contributed by atoms with Gasteiger partial charge in [-0.3, -0.25) is 0 Å². The number of hydrogen-bond donors (Lipinski definition) is 1. The molecule has 0 fully saturated rings. The molecule has 1 aromatic heterocycles. The van der Waals surface area contributed by atoms with E-state index in [1.165, 1.54) is 33.0 Å². The van der Waals surface area contributed by atoms with Crippen molar-refractivity contribution in [2.24, 2.45) is 0 Å². The number of hydrogen-bond acceptors (Lipinski definition) is 0. The predicted molar refractivity (Wildman–Crippen MR) is 93.0 cm³/mol. The number of rotatable bonds is 0. The topological polar surface area (TPSA) is 15.8 Å². The van der Waals surface area contributed by atoms with E-state index in [1.807, 2.05) is 24.5 Å². The molecule has 5 rings (SSSR count). The van der Waals surface area contributed by atoms with E-state index in [9.17, 15) is 0 Å². The summed E-state index contributed by atoms with van der Waals surface area (Å²) < 4.78 is 0. The molecule has 0 radical (unpaired) electrons. The standard InChI is InChI=1S/C13H10.C8H7N/c1-3-7-12-10(5-1)9-11-6-2-4-8-13(11)12;1-2-4-8-6-9-5-7(8)3-1/h1-8H,9H2;1-6,9H. The van der Waals surface area contributed by atoms with Crippen molar-refractivity contribution in [3.63, 3.8) is 0 Å². The fourth-order valence-electron chi connectivity index (χ4n) is 3.07. The summed E-state index contributed by atoms with van der Waals surface area (Å²) in [6.07, 6.45) is 5.09. The zero-order valence-corrected chi connectivity index (χ0v) is 12.3. The third-order valence-corrected chi connectivity index (χ3v) is 4.18. The molecule has 0 spiro atoms. The Bertz CT molecular complexity index is 844. The van der Waals surface area contributed by atoms with Crippen molar-refractivity contribution < 1.29 is 0 Å². The quantitative estimate of drug-likeness (QED) is 0.390. The van der Waals surface area contributed by atoms with Gasteiger partial charge in [0.15, 0.2) is 0 Å². The van der Waals surface area contributed by atoms with E-state index in [4.69, 9.17) is 0 Å². The van der Waals surface area contributed by atoms with Crippen LogP contribution in [0.15, 0.2) is 85.2 Å². The van der Waals surface area contributed by atoms with Gasteiger partial charge in [0.25, 0.3) is 0 Å². The van der Waals surface area contributed by atoms with Crippen molar-refractivity contribution in [3.05, 3.63) is 96.3 Å². The lowest BCUT2D eigenvalue weighted by atomic mass is 10.1. The Hall–Kier alpha value is -2.80. The first-order chi connectivity index (χ1) is 10.9. The number of aromatic nitrogens is 1. The van der Waals surface area contributed by atoms with Crippen LogP contribution < -0.4 is 0 Å². The molecule has 0 atom stereocenters. The second-order valence-electron chi connectivity index (χ2n) is 5.58. The third kappa shape index (κ3) is 2.31. The molecule has 0 amide bonds. The molecule has 1 aliphatic carbocycles. The van der Waals surface area contributed by atoms with E-state index in [-0.39, 0.29) is 0 Å². The molecular weight excluding hydrogens is 266 g/mol. The number of H-pyrrole nitrogens is 1. The van der Waals surface area contributed by atoms with Crippen LogP contribution in [-0.2, 0) is 6.42 Å². The summed E-state index contributed by atoms with van der Waals surface area (Å²) in [5, 5.41) is 2.55. The van der Waals surface area contributed by atoms with Crippen molar-refractivity contribution in [1.82, 2.24) is 4.98 Å². The maximum atomic E-state index is 3.04. The van der Waals surface area contributed by atoms with Gasteiger partial charge < -0.3 is 4.98 Å². The first-order valence-electron chi connectivity index (χ1n) is 7.59. The minimum Gasteiger partial charge on any atom is -0.366 e. The maximum Gasteiger partial charge on any atom is 0.00843 e. The van der Waals surface area contributed by atoms with Gasteiger partial charge >= 0.3 is 0 Å². The Balaban J connectivity index is 0.000000122. The van der Waals surface area contributed by atoms with Gasteiger partial charge in [-0.05, 0) is 39.4 Å². The molecule has 0 bridgehead atoms. The van der Waals surface area contributed by atoms with Crippen LogP contribution in [0, 0.1) is 0 Å². The van der Waals surface area contributed by atoms with Crippen LogP contribution in [0.1, 0.15) is 11.1 Å². The minimum atomic E-state index is 1.10. The van der Waals surface area contributed by atoms with Gasteiger partial charge in [0.2, 0.25) is 0 Å². The highest BCUT2D eigenvalue weighted by atomic mass is 14.6. The number of aromatic amines is 1. The Labute approximate surface area is 130 Å². The predicted octanol–water partition coefficient (Wildman–Crippen LogP) is 5.43. The highest BCUT2D eigenvalue weighted by molar-refractivity contribution is 5.81. The van der Waals surface area contributed by atoms with Crippen molar-refractivity contribution in [3.8, 4) is 11.1 Å². The molecule has 22 heavy (non-hydrogen) atoms. The summed E-state index contributed by atoms with van der Waals surface area (Å²) in [6.45, 7) is 0. The van der Waals surface area contributed by atoms with Crippen LogP contribution in [0.25, 0.3) is 21.9 Å². The fraction of sp³-hybridized carbons (Fsp3) is 0.0476.